The molecule has 2 aliphatic heterocycles. The number of H-pyrrole nitrogens is 1. The van der Waals surface area contributed by atoms with Crippen molar-refractivity contribution in [2.45, 2.75) is 69.5 Å². The average Bonchev–Trinajstić information content (AvgIpc) is 3.32. The van der Waals surface area contributed by atoms with Gasteiger partial charge in [-0.25, -0.2) is 9.78 Å². The van der Waals surface area contributed by atoms with E-state index in [0.717, 1.165) is 49.1 Å². The molecule has 4 aliphatic rings. The van der Waals surface area contributed by atoms with Crippen LogP contribution in [0.3, 0.4) is 0 Å². The van der Waals surface area contributed by atoms with Gasteiger partial charge in [-0.2, -0.15) is 5.10 Å². The molecule has 9 heteroatoms. The number of fused-ring (bicyclic) bond motifs is 3. The van der Waals surface area contributed by atoms with Crippen molar-refractivity contribution >= 4 is 17.7 Å². The topological polar surface area (TPSA) is 121 Å². The molecule has 8 bridgehead atoms. The number of rotatable bonds is 1. The standard InChI is InChI=1S/C20H25N5O4/c26-9-11-3-14-10-28-16-6-13(7-16)22-20(27)29-15-2-1-12(5-15)17-8-19(25-24-17)23-18(4-11)21-14/h3-4,8,12-13,15-16,26H,1-2,5-7,9-10H2,(H,22,27)(H2,21,23,24,25)/t12-,13-,15+,16-/m0/s1. The van der Waals surface area contributed by atoms with Crippen molar-refractivity contribution in [3.63, 3.8) is 0 Å². The number of carbonyl (C=O) groups is 1. The minimum absolute atomic E-state index is 0.0724. The third kappa shape index (κ3) is 4.06. The van der Waals surface area contributed by atoms with Gasteiger partial charge >= 0.3 is 6.09 Å². The lowest BCUT2D eigenvalue weighted by atomic mass is 9.89. The van der Waals surface area contributed by atoms with Gasteiger partial charge < -0.3 is 25.2 Å². The van der Waals surface area contributed by atoms with Crippen LogP contribution in [-0.4, -0.2) is 44.6 Å². The molecule has 4 N–H and O–H groups in total. The van der Waals surface area contributed by atoms with Crippen molar-refractivity contribution in [3.8, 4) is 0 Å². The molecule has 2 aromatic heterocycles. The summed E-state index contributed by atoms with van der Waals surface area (Å²) in [5.74, 6) is 1.57. The normalized spacial score (nSPS) is 28.9. The zero-order valence-electron chi connectivity index (χ0n) is 16.1. The summed E-state index contributed by atoms with van der Waals surface area (Å²) in [5, 5.41) is 23.2. The third-order valence-corrected chi connectivity index (χ3v) is 5.96. The second-order valence-electron chi connectivity index (χ2n) is 8.13. The molecule has 2 fully saturated rings. The van der Waals surface area contributed by atoms with Crippen LogP contribution in [0, 0.1) is 0 Å². The number of hydrogen-bond donors (Lipinski definition) is 4. The maximum absolute atomic E-state index is 12.2. The third-order valence-electron chi connectivity index (χ3n) is 5.96. The van der Waals surface area contributed by atoms with Crippen molar-refractivity contribution in [2.24, 2.45) is 0 Å². The summed E-state index contributed by atoms with van der Waals surface area (Å²) in [6, 6.07) is 5.70. The summed E-state index contributed by atoms with van der Waals surface area (Å²) in [7, 11) is 0. The highest BCUT2D eigenvalue weighted by Gasteiger charge is 2.34. The Kier molecular flexibility index (Phi) is 4.84. The van der Waals surface area contributed by atoms with Crippen LogP contribution >= 0.6 is 0 Å². The van der Waals surface area contributed by atoms with Gasteiger partial charge in [0.25, 0.3) is 0 Å². The molecule has 9 nitrogen and oxygen atoms in total. The zero-order chi connectivity index (χ0) is 19.8. The Morgan fingerprint density at radius 3 is 2.86 bits per heavy atom. The zero-order valence-corrected chi connectivity index (χ0v) is 16.1. The Morgan fingerprint density at radius 1 is 1.10 bits per heavy atom. The Morgan fingerprint density at radius 2 is 2.00 bits per heavy atom. The summed E-state index contributed by atoms with van der Waals surface area (Å²) in [6.07, 6.45) is 3.78. The van der Waals surface area contributed by atoms with E-state index in [2.05, 4.69) is 25.8 Å². The van der Waals surface area contributed by atoms with Crippen LogP contribution in [0.25, 0.3) is 0 Å². The van der Waals surface area contributed by atoms with Crippen LogP contribution < -0.4 is 10.6 Å². The van der Waals surface area contributed by atoms with E-state index in [0.29, 0.717) is 18.2 Å². The fourth-order valence-electron chi connectivity index (χ4n) is 4.33. The Bertz CT molecular complexity index is 895. The number of alkyl carbamates (subject to hydrolysis) is 1. The Labute approximate surface area is 168 Å². The SMILES string of the molecule is O=C1N[C@H]2C[C@@H](C2)OCc2cc(CO)cc(n2)Nc2cc([nH]n2)[C@H]2CC[C@H](C2)O1. The van der Waals surface area contributed by atoms with Gasteiger partial charge in [-0.1, -0.05) is 0 Å². The van der Waals surface area contributed by atoms with Crippen LogP contribution in [0.1, 0.15) is 55.0 Å². The maximum atomic E-state index is 12.2. The van der Waals surface area contributed by atoms with Crippen molar-refractivity contribution in [2.75, 3.05) is 5.32 Å². The number of aliphatic hydroxyl groups excluding tert-OH is 1. The van der Waals surface area contributed by atoms with Gasteiger partial charge in [0, 0.05) is 23.7 Å². The maximum Gasteiger partial charge on any atom is 0.407 e. The van der Waals surface area contributed by atoms with Gasteiger partial charge in [0.15, 0.2) is 5.82 Å². The number of aromatic amines is 1. The van der Waals surface area contributed by atoms with Crippen molar-refractivity contribution in [1.82, 2.24) is 20.5 Å². The predicted octanol–water partition coefficient (Wildman–Crippen LogP) is 2.46. The van der Waals surface area contributed by atoms with Gasteiger partial charge in [0.1, 0.15) is 11.9 Å². The second-order valence-corrected chi connectivity index (χ2v) is 8.13. The first kappa shape index (κ1) is 18.4. The van der Waals surface area contributed by atoms with Crippen molar-refractivity contribution < 1.29 is 19.4 Å². The number of nitrogens with one attached hydrogen (secondary N) is 3. The lowest BCUT2D eigenvalue weighted by molar-refractivity contribution is -0.0283. The van der Waals surface area contributed by atoms with E-state index in [1.54, 1.807) is 0 Å². The molecule has 154 valence electrons. The molecule has 4 heterocycles. The summed E-state index contributed by atoms with van der Waals surface area (Å²) >= 11 is 0. The van der Waals surface area contributed by atoms with Crippen LogP contribution in [0.4, 0.5) is 16.4 Å². The summed E-state index contributed by atoms with van der Waals surface area (Å²) in [6.45, 7) is 0.275. The Balaban J connectivity index is 1.39. The monoisotopic (exact) mass is 399 g/mol. The molecule has 0 radical (unpaired) electrons. The molecule has 1 amide bonds. The van der Waals surface area contributed by atoms with E-state index in [9.17, 15) is 9.90 Å². The van der Waals surface area contributed by atoms with E-state index >= 15 is 0 Å². The molecule has 0 spiro atoms. The van der Waals surface area contributed by atoms with Gasteiger partial charge in [0.2, 0.25) is 0 Å². The molecular weight excluding hydrogens is 374 g/mol. The number of amides is 1. The first-order valence-electron chi connectivity index (χ1n) is 10.2. The minimum atomic E-state index is -0.339. The van der Waals surface area contributed by atoms with Crippen molar-refractivity contribution in [3.05, 3.63) is 35.2 Å². The largest absolute Gasteiger partial charge is 0.446 e. The first-order chi connectivity index (χ1) is 14.1. The highest BCUT2D eigenvalue weighted by Crippen LogP contribution is 2.36. The van der Waals surface area contributed by atoms with Gasteiger partial charge in [-0.3, -0.25) is 5.10 Å². The number of anilines is 2. The summed E-state index contributed by atoms with van der Waals surface area (Å²) in [5.41, 5.74) is 2.52. The number of ether oxygens (including phenoxy) is 2. The first-order valence-corrected chi connectivity index (χ1v) is 10.2. The van der Waals surface area contributed by atoms with Gasteiger partial charge in [-0.15, -0.1) is 0 Å². The molecule has 0 unspecified atom stereocenters. The molecule has 2 aromatic rings. The summed E-state index contributed by atoms with van der Waals surface area (Å²) < 4.78 is 11.5. The number of aliphatic hydroxyl groups is 1. The van der Waals surface area contributed by atoms with E-state index in [1.165, 1.54) is 0 Å². The smallest absolute Gasteiger partial charge is 0.407 e. The van der Waals surface area contributed by atoms with E-state index in [1.807, 2.05) is 18.2 Å². The molecule has 6 rings (SSSR count). The summed E-state index contributed by atoms with van der Waals surface area (Å²) in [4.78, 5) is 16.8. The molecule has 2 aliphatic carbocycles. The fraction of sp³-hybridized carbons (Fsp3) is 0.550. The number of carbonyl (C=O) groups excluding carboxylic acids is 1. The second kappa shape index (κ2) is 7.64. The van der Waals surface area contributed by atoms with E-state index in [4.69, 9.17) is 9.47 Å². The fourth-order valence-corrected chi connectivity index (χ4v) is 4.33. The molecule has 2 saturated carbocycles. The molecule has 2 atom stereocenters. The predicted molar refractivity (Wildman–Crippen MR) is 104 cm³/mol. The lowest BCUT2D eigenvalue weighted by Crippen LogP contribution is -2.48. The van der Waals surface area contributed by atoms with Crippen LogP contribution in [0.15, 0.2) is 18.2 Å². The Hall–Kier alpha value is -2.65. The number of pyridine rings is 1. The van der Waals surface area contributed by atoms with Gasteiger partial charge in [-0.05, 0) is 49.8 Å². The molecule has 0 aromatic carbocycles. The molecule has 29 heavy (non-hydrogen) atoms. The van der Waals surface area contributed by atoms with E-state index < -0.39 is 0 Å². The minimum Gasteiger partial charge on any atom is -0.446 e. The van der Waals surface area contributed by atoms with E-state index in [-0.39, 0.29) is 36.9 Å². The highest BCUT2D eigenvalue weighted by molar-refractivity contribution is 5.68. The quantitative estimate of drug-likeness (QED) is 0.581. The number of nitrogens with zero attached hydrogens (tertiary/aromatic N) is 2. The average molecular weight is 399 g/mol. The number of aromatic nitrogens is 3. The van der Waals surface area contributed by atoms with Gasteiger partial charge in [0.05, 0.1) is 25.0 Å². The molecule has 0 saturated heterocycles. The van der Waals surface area contributed by atoms with Crippen LogP contribution in [-0.2, 0) is 22.7 Å². The van der Waals surface area contributed by atoms with Crippen LogP contribution in [0.2, 0.25) is 0 Å². The van der Waals surface area contributed by atoms with Crippen molar-refractivity contribution in [1.29, 1.82) is 0 Å². The molecular formula is C20H25N5O4. The van der Waals surface area contributed by atoms with Crippen LogP contribution in [0.5, 0.6) is 0 Å². The number of hydrogen-bond acceptors (Lipinski definition) is 7. The highest BCUT2D eigenvalue weighted by atomic mass is 16.6. The lowest BCUT2D eigenvalue weighted by Gasteiger charge is -2.35.